The van der Waals surface area contributed by atoms with Gasteiger partial charge >= 0.3 is 5.69 Å². The number of aromatic nitrogens is 5. The van der Waals surface area contributed by atoms with Crippen molar-refractivity contribution in [3.05, 3.63) is 40.3 Å². The molecule has 1 amide bonds. The highest BCUT2D eigenvalue weighted by atomic mass is 16.5. The zero-order chi connectivity index (χ0) is 15.7. The fraction of sp³-hybridized carbons (Fsp3) is 0.231. The highest BCUT2D eigenvalue weighted by molar-refractivity contribution is 5.90. The zero-order valence-electron chi connectivity index (χ0n) is 12.0. The first-order valence-corrected chi connectivity index (χ1v) is 6.51. The van der Waals surface area contributed by atoms with Gasteiger partial charge in [0.15, 0.2) is 0 Å². The minimum absolute atomic E-state index is 0.0368. The molecular formula is C13H14N6O3. The molecule has 0 radical (unpaired) electrons. The van der Waals surface area contributed by atoms with Gasteiger partial charge in [0.25, 0.3) is 5.91 Å². The number of hydrogen-bond acceptors (Lipinski definition) is 5. The van der Waals surface area contributed by atoms with Gasteiger partial charge in [-0.2, -0.15) is 0 Å². The van der Waals surface area contributed by atoms with Crippen LogP contribution in [-0.2, 0) is 13.6 Å². The van der Waals surface area contributed by atoms with Crippen LogP contribution >= 0.6 is 0 Å². The summed E-state index contributed by atoms with van der Waals surface area (Å²) < 4.78 is 6.20. The van der Waals surface area contributed by atoms with Crippen molar-refractivity contribution >= 4 is 16.9 Å². The molecule has 0 aliphatic rings. The number of nitrogens with zero attached hydrogens (tertiary/aromatic N) is 3. The maximum absolute atomic E-state index is 11.9. The van der Waals surface area contributed by atoms with Gasteiger partial charge in [-0.25, -0.2) is 14.5 Å². The van der Waals surface area contributed by atoms with Crippen molar-refractivity contribution in [3.63, 3.8) is 0 Å². The molecule has 2 heterocycles. The Kier molecular flexibility index (Phi) is 3.37. The van der Waals surface area contributed by atoms with Gasteiger partial charge in [-0.1, -0.05) is 0 Å². The van der Waals surface area contributed by atoms with Crippen LogP contribution in [0.2, 0.25) is 0 Å². The fourth-order valence-corrected chi connectivity index (χ4v) is 2.00. The Morgan fingerprint density at radius 1 is 1.41 bits per heavy atom. The van der Waals surface area contributed by atoms with Gasteiger partial charge in [-0.05, 0) is 12.1 Å². The van der Waals surface area contributed by atoms with Crippen LogP contribution in [0.4, 0.5) is 0 Å². The summed E-state index contributed by atoms with van der Waals surface area (Å²) in [7, 11) is 3.05. The van der Waals surface area contributed by atoms with Crippen molar-refractivity contribution in [2.75, 3.05) is 7.11 Å². The molecule has 0 bridgehead atoms. The maximum atomic E-state index is 11.9. The summed E-state index contributed by atoms with van der Waals surface area (Å²) in [5.74, 6) is 0.800. The standard InChI is InChI=1S/C13H14N6O3/c1-19-13(21)17-11(18-19)12(20)14-6-10-15-8-4-3-7(22-2)5-9(8)16-10/h3-5H,6H2,1-2H3,(H,14,20)(H,15,16)(H,17,18,21). The second-order valence-electron chi connectivity index (χ2n) is 4.65. The normalized spacial score (nSPS) is 10.8. The van der Waals surface area contributed by atoms with E-state index in [2.05, 4.69) is 25.4 Å². The molecule has 3 aromatic rings. The quantitative estimate of drug-likeness (QED) is 0.623. The Balaban J connectivity index is 1.73. The third kappa shape index (κ3) is 2.55. The van der Waals surface area contributed by atoms with Gasteiger partial charge in [0.2, 0.25) is 5.82 Å². The van der Waals surface area contributed by atoms with Crippen molar-refractivity contribution in [2.45, 2.75) is 6.54 Å². The largest absolute Gasteiger partial charge is 0.497 e. The SMILES string of the molecule is COc1ccc2nc(CNC(=O)c3nn(C)c(=O)[nH]3)[nH]c2c1. The minimum Gasteiger partial charge on any atom is -0.497 e. The van der Waals surface area contributed by atoms with Gasteiger partial charge in [0.05, 0.1) is 24.7 Å². The van der Waals surface area contributed by atoms with Crippen molar-refractivity contribution in [3.8, 4) is 5.75 Å². The van der Waals surface area contributed by atoms with Crippen molar-refractivity contribution in [2.24, 2.45) is 7.05 Å². The predicted octanol–water partition coefficient (Wildman–Crippen LogP) is -0.0767. The summed E-state index contributed by atoms with van der Waals surface area (Å²) in [5.41, 5.74) is 1.15. The van der Waals surface area contributed by atoms with E-state index in [1.165, 1.54) is 7.05 Å². The molecule has 0 saturated carbocycles. The van der Waals surface area contributed by atoms with Crippen LogP contribution in [0.3, 0.4) is 0 Å². The first-order chi connectivity index (χ1) is 10.6. The number of aromatic amines is 2. The lowest BCUT2D eigenvalue weighted by Gasteiger charge is -1.99. The monoisotopic (exact) mass is 302 g/mol. The zero-order valence-corrected chi connectivity index (χ0v) is 12.0. The molecular weight excluding hydrogens is 288 g/mol. The van der Waals surface area contributed by atoms with Crippen molar-refractivity contribution in [1.29, 1.82) is 0 Å². The van der Waals surface area contributed by atoms with Crippen LogP contribution in [-0.4, -0.2) is 37.7 Å². The third-order valence-corrected chi connectivity index (χ3v) is 3.14. The number of fused-ring (bicyclic) bond motifs is 1. The van der Waals surface area contributed by atoms with Crippen molar-refractivity contribution in [1.82, 2.24) is 30.0 Å². The number of nitrogens with one attached hydrogen (secondary N) is 3. The molecule has 1 aromatic carbocycles. The summed E-state index contributed by atoms with van der Waals surface area (Å²) in [6, 6.07) is 5.46. The minimum atomic E-state index is -0.476. The van der Waals surface area contributed by atoms with Gasteiger partial charge in [0.1, 0.15) is 11.6 Å². The molecule has 0 fully saturated rings. The average Bonchev–Trinajstić information content (AvgIpc) is 3.07. The lowest BCUT2D eigenvalue weighted by atomic mass is 10.3. The Hall–Kier alpha value is -3.10. The fourth-order valence-electron chi connectivity index (χ4n) is 2.00. The van der Waals surface area contributed by atoms with Crippen LogP contribution < -0.4 is 15.7 Å². The number of amides is 1. The Morgan fingerprint density at radius 2 is 2.23 bits per heavy atom. The average molecular weight is 302 g/mol. The second-order valence-corrected chi connectivity index (χ2v) is 4.65. The smallest absolute Gasteiger partial charge is 0.343 e. The number of ether oxygens (including phenoxy) is 1. The predicted molar refractivity (Wildman–Crippen MR) is 77.6 cm³/mol. The molecule has 2 aromatic heterocycles. The van der Waals surface area contributed by atoms with Crippen LogP contribution in [0, 0.1) is 0 Å². The molecule has 0 atom stereocenters. The molecule has 0 aliphatic heterocycles. The third-order valence-electron chi connectivity index (χ3n) is 3.14. The summed E-state index contributed by atoms with van der Waals surface area (Å²) in [6.45, 7) is 0.189. The number of imidazole rings is 1. The highest BCUT2D eigenvalue weighted by Gasteiger charge is 2.12. The highest BCUT2D eigenvalue weighted by Crippen LogP contribution is 2.18. The number of methoxy groups -OCH3 is 1. The molecule has 3 rings (SSSR count). The topological polar surface area (TPSA) is 118 Å². The van der Waals surface area contributed by atoms with Crippen LogP contribution in [0.15, 0.2) is 23.0 Å². The summed E-state index contributed by atoms with van der Waals surface area (Å²) in [5, 5.41) is 6.41. The number of carbonyl (C=O) groups excluding carboxylic acids is 1. The molecule has 0 spiro atoms. The Morgan fingerprint density at radius 3 is 2.91 bits per heavy atom. The number of carbonyl (C=O) groups is 1. The van der Waals surface area contributed by atoms with E-state index in [1.807, 2.05) is 18.2 Å². The molecule has 22 heavy (non-hydrogen) atoms. The Labute approximate surface area is 124 Å². The lowest BCUT2D eigenvalue weighted by molar-refractivity contribution is 0.0939. The van der Waals surface area contributed by atoms with E-state index in [9.17, 15) is 9.59 Å². The first kappa shape index (κ1) is 13.9. The van der Waals surface area contributed by atoms with E-state index in [0.717, 1.165) is 21.5 Å². The number of hydrogen-bond donors (Lipinski definition) is 3. The molecule has 114 valence electrons. The molecule has 0 unspecified atom stereocenters. The summed E-state index contributed by atoms with van der Waals surface area (Å²) in [6.07, 6.45) is 0. The van der Waals surface area contributed by atoms with E-state index < -0.39 is 11.6 Å². The number of benzene rings is 1. The molecule has 9 heteroatoms. The van der Waals surface area contributed by atoms with Crippen LogP contribution in [0.5, 0.6) is 5.75 Å². The molecule has 0 aliphatic carbocycles. The molecule has 9 nitrogen and oxygen atoms in total. The van der Waals surface area contributed by atoms with Gasteiger partial charge in [0, 0.05) is 13.1 Å². The van der Waals surface area contributed by atoms with Gasteiger partial charge < -0.3 is 15.0 Å². The lowest BCUT2D eigenvalue weighted by Crippen LogP contribution is -2.25. The van der Waals surface area contributed by atoms with E-state index >= 15 is 0 Å². The first-order valence-electron chi connectivity index (χ1n) is 6.51. The van der Waals surface area contributed by atoms with E-state index in [1.54, 1.807) is 7.11 Å². The van der Waals surface area contributed by atoms with Crippen LogP contribution in [0.1, 0.15) is 16.4 Å². The van der Waals surface area contributed by atoms with E-state index in [-0.39, 0.29) is 12.4 Å². The van der Waals surface area contributed by atoms with E-state index in [0.29, 0.717) is 5.82 Å². The van der Waals surface area contributed by atoms with E-state index in [4.69, 9.17) is 4.74 Å². The summed E-state index contributed by atoms with van der Waals surface area (Å²) >= 11 is 0. The number of H-pyrrole nitrogens is 2. The number of aryl methyl sites for hydroxylation is 1. The molecule has 3 N–H and O–H groups in total. The summed E-state index contributed by atoms with van der Waals surface area (Å²) in [4.78, 5) is 32.9. The number of rotatable bonds is 4. The van der Waals surface area contributed by atoms with Gasteiger partial charge in [-0.3, -0.25) is 9.78 Å². The molecule has 0 saturated heterocycles. The maximum Gasteiger partial charge on any atom is 0.343 e. The second kappa shape index (κ2) is 5.35. The van der Waals surface area contributed by atoms with Crippen molar-refractivity contribution < 1.29 is 9.53 Å². The Bertz CT molecular complexity index is 891. The van der Waals surface area contributed by atoms with Gasteiger partial charge in [-0.15, -0.1) is 5.10 Å². The van der Waals surface area contributed by atoms with Crippen LogP contribution in [0.25, 0.3) is 11.0 Å².